The van der Waals surface area contributed by atoms with E-state index in [4.69, 9.17) is 14.6 Å². The van der Waals surface area contributed by atoms with E-state index in [1.165, 1.54) is 6.42 Å². The number of aliphatic hydroxyl groups is 3. The summed E-state index contributed by atoms with van der Waals surface area (Å²) in [5.74, 6) is 0. The fourth-order valence-corrected chi connectivity index (χ4v) is 2.27. The maximum absolute atomic E-state index is 9.76. The van der Waals surface area contributed by atoms with Crippen molar-refractivity contribution in [3.63, 3.8) is 0 Å². The Bertz CT molecular complexity index is 227. The third-order valence-corrected chi connectivity index (χ3v) is 3.68. The number of thiol groups is 1. The second kappa shape index (κ2) is 8.35. The van der Waals surface area contributed by atoms with Gasteiger partial charge in [0.25, 0.3) is 0 Å². The second-order valence-corrected chi connectivity index (χ2v) is 5.23. The second-order valence-electron chi connectivity index (χ2n) is 4.63. The predicted octanol–water partition coefficient (Wildman–Crippen LogP) is 0.321. The summed E-state index contributed by atoms with van der Waals surface area (Å²) in [7, 11) is 0. The van der Waals surface area contributed by atoms with Gasteiger partial charge in [-0.25, -0.2) is 0 Å². The van der Waals surface area contributed by atoms with Gasteiger partial charge in [0.1, 0.15) is 12.2 Å². The Morgan fingerprint density at radius 2 is 1.89 bits per heavy atom. The molecule has 1 unspecified atom stereocenters. The molecule has 0 bridgehead atoms. The summed E-state index contributed by atoms with van der Waals surface area (Å²) < 4.78 is 10.9. The molecule has 0 saturated carbocycles. The monoisotopic (exact) mass is 280 g/mol. The first kappa shape index (κ1) is 16.2. The smallest absolute Gasteiger partial charge is 0.172 e. The molecule has 18 heavy (non-hydrogen) atoms. The number of aliphatic hydroxyl groups excluding tert-OH is 3. The summed E-state index contributed by atoms with van der Waals surface area (Å²) >= 11 is 4.19. The average molecular weight is 280 g/mol. The summed E-state index contributed by atoms with van der Waals surface area (Å²) in [4.78, 5) is 0. The lowest BCUT2D eigenvalue weighted by molar-refractivity contribution is -0.252. The van der Waals surface area contributed by atoms with E-state index < -0.39 is 29.9 Å². The molecule has 1 saturated heterocycles. The molecule has 6 heteroatoms. The largest absolute Gasteiger partial charge is 0.394 e. The number of hydrogen-bond donors (Lipinski definition) is 4. The van der Waals surface area contributed by atoms with Gasteiger partial charge in [-0.3, -0.25) is 0 Å². The van der Waals surface area contributed by atoms with Crippen molar-refractivity contribution in [1.29, 1.82) is 0 Å². The predicted molar refractivity (Wildman–Crippen MR) is 70.6 cm³/mol. The van der Waals surface area contributed by atoms with E-state index in [0.29, 0.717) is 6.61 Å². The highest BCUT2D eigenvalue weighted by molar-refractivity contribution is 7.81. The van der Waals surface area contributed by atoms with Gasteiger partial charge in [0.15, 0.2) is 6.29 Å². The highest BCUT2D eigenvalue weighted by atomic mass is 32.1. The molecule has 0 aromatic carbocycles. The van der Waals surface area contributed by atoms with E-state index in [1.807, 2.05) is 0 Å². The van der Waals surface area contributed by atoms with Crippen molar-refractivity contribution >= 4 is 12.6 Å². The van der Waals surface area contributed by atoms with Gasteiger partial charge in [0, 0.05) is 6.61 Å². The Morgan fingerprint density at radius 3 is 2.50 bits per heavy atom. The van der Waals surface area contributed by atoms with Gasteiger partial charge in [-0.1, -0.05) is 26.2 Å². The number of unbranched alkanes of at least 4 members (excludes halogenated alkanes) is 3. The van der Waals surface area contributed by atoms with Crippen LogP contribution in [-0.4, -0.2) is 58.4 Å². The third kappa shape index (κ3) is 4.36. The minimum absolute atomic E-state index is 0.353. The molecule has 1 fully saturated rings. The SMILES string of the molecule is CCCCCCOC1O[C@H](CO)[C@@H](O)[C@H](O)[C@H]1S. The standard InChI is InChI=1S/C12H24O5S/c1-2-3-4-5-6-16-12-11(18)10(15)9(14)8(7-13)17-12/h8-15,18H,2-7H2,1H3/t8-,9-,10+,11-,12?/m1/s1. The maximum Gasteiger partial charge on any atom is 0.172 e. The zero-order chi connectivity index (χ0) is 13.5. The third-order valence-electron chi connectivity index (χ3n) is 3.13. The topological polar surface area (TPSA) is 79.2 Å². The molecule has 1 heterocycles. The number of ether oxygens (including phenoxy) is 2. The first-order valence-corrected chi connectivity index (χ1v) is 7.05. The van der Waals surface area contributed by atoms with E-state index in [-0.39, 0.29) is 6.61 Å². The van der Waals surface area contributed by atoms with Crippen LogP contribution in [0.4, 0.5) is 0 Å². The van der Waals surface area contributed by atoms with E-state index in [0.717, 1.165) is 19.3 Å². The van der Waals surface area contributed by atoms with Gasteiger partial charge < -0.3 is 24.8 Å². The van der Waals surface area contributed by atoms with Gasteiger partial charge in [0.2, 0.25) is 0 Å². The molecular weight excluding hydrogens is 256 g/mol. The fourth-order valence-electron chi connectivity index (χ4n) is 1.93. The van der Waals surface area contributed by atoms with Crippen molar-refractivity contribution in [3.8, 4) is 0 Å². The molecule has 0 aliphatic carbocycles. The van der Waals surface area contributed by atoms with Gasteiger partial charge >= 0.3 is 0 Å². The van der Waals surface area contributed by atoms with Crippen molar-refractivity contribution in [1.82, 2.24) is 0 Å². The lowest BCUT2D eigenvalue weighted by Crippen LogP contribution is -2.57. The van der Waals surface area contributed by atoms with Crippen LogP contribution in [0.1, 0.15) is 32.6 Å². The molecule has 0 aromatic rings. The van der Waals surface area contributed by atoms with Crippen LogP contribution >= 0.6 is 12.6 Å². The minimum Gasteiger partial charge on any atom is -0.394 e. The van der Waals surface area contributed by atoms with Crippen LogP contribution in [0.15, 0.2) is 0 Å². The molecule has 108 valence electrons. The highest BCUT2D eigenvalue weighted by Gasteiger charge is 2.42. The van der Waals surface area contributed by atoms with Crippen LogP contribution in [0.5, 0.6) is 0 Å². The number of rotatable bonds is 7. The van der Waals surface area contributed by atoms with Crippen molar-refractivity contribution in [2.75, 3.05) is 13.2 Å². The summed E-state index contributed by atoms with van der Waals surface area (Å²) in [6, 6.07) is 0. The van der Waals surface area contributed by atoms with Gasteiger partial charge in [-0.05, 0) is 6.42 Å². The maximum atomic E-state index is 9.76. The normalized spacial score (nSPS) is 36.8. The van der Waals surface area contributed by atoms with Crippen LogP contribution in [0.25, 0.3) is 0 Å². The first-order valence-electron chi connectivity index (χ1n) is 6.54. The molecule has 0 spiro atoms. The molecule has 1 aliphatic rings. The summed E-state index contributed by atoms with van der Waals surface area (Å²) in [6.07, 6.45) is 0.657. The van der Waals surface area contributed by atoms with E-state index in [1.54, 1.807) is 0 Å². The zero-order valence-corrected chi connectivity index (χ0v) is 11.6. The molecule has 5 nitrogen and oxygen atoms in total. The molecule has 1 aliphatic heterocycles. The molecule has 0 aromatic heterocycles. The van der Waals surface area contributed by atoms with Crippen molar-refractivity contribution in [2.24, 2.45) is 0 Å². The van der Waals surface area contributed by atoms with Crippen LogP contribution in [-0.2, 0) is 9.47 Å². The van der Waals surface area contributed by atoms with Gasteiger partial charge in [0.05, 0.1) is 18.0 Å². The van der Waals surface area contributed by atoms with E-state index >= 15 is 0 Å². The molecular formula is C12H24O5S. The van der Waals surface area contributed by atoms with Crippen molar-refractivity contribution in [2.45, 2.75) is 62.5 Å². The fraction of sp³-hybridized carbons (Fsp3) is 1.00. The summed E-state index contributed by atoms with van der Waals surface area (Å²) in [5, 5.41) is 27.8. The van der Waals surface area contributed by atoms with Crippen LogP contribution in [0, 0.1) is 0 Å². The number of hydrogen-bond acceptors (Lipinski definition) is 6. The Kier molecular flexibility index (Phi) is 7.51. The first-order chi connectivity index (χ1) is 8.61. The van der Waals surface area contributed by atoms with Crippen LogP contribution in [0.3, 0.4) is 0 Å². The Balaban J connectivity index is 2.35. The Labute approximate surface area is 114 Å². The molecule has 0 radical (unpaired) electrons. The van der Waals surface area contributed by atoms with Gasteiger partial charge in [-0.2, -0.15) is 12.6 Å². The minimum atomic E-state index is -1.13. The van der Waals surface area contributed by atoms with Crippen molar-refractivity contribution in [3.05, 3.63) is 0 Å². The zero-order valence-electron chi connectivity index (χ0n) is 10.7. The van der Waals surface area contributed by atoms with Gasteiger partial charge in [-0.15, -0.1) is 0 Å². The Morgan fingerprint density at radius 1 is 1.17 bits per heavy atom. The molecule has 3 N–H and O–H groups in total. The van der Waals surface area contributed by atoms with E-state index in [2.05, 4.69) is 19.6 Å². The average Bonchev–Trinajstić information content (AvgIpc) is 2.38. The highest BCUT2D eigenvalue weighted by Crippen LogP contribution is 2.25. The Hall–Kier alpha value is 0.150. The molecule has 5 atom stereocenters. The molecule has 0 amide bonds. The van der Waals surface area contributed by atoms with Crippen molar-refractivity contribution < 1.29 is 24.8 Å². The lowest BCUT2D eigenvalue weighted by atomic mass is 10.0. The lowest BCUT2D eigenvalue weighted by Gasteiger charge is -2.40. The summed E-state index contributed by atoms with van der Waals surface area (Å²) in [5.41, 5.74) is 0. The quantitative estimate of drug-likeness (QED) is 0.399. The van der Waals surface area contributed by atoms with Crippen LogP contribution < -0.4 is 0 Å². The molecule has 1 rings (SSSR count). The summed E-state index contributed by atoms with van der Waals surface area (Å²) in [6.45, 7) is 2.32. The van der Waals surface area contributed by atoms with E-state index in [9.17, 15) is 10.2 Å². The van der Waals surface area contributed by atoms with Crippen LogP contribution in [0.2, 0.25) is 0 Å².